The molecule has 5 rings (SSSR count). The van der Waals surface area contributed by atoms with E-state index in [1.54, 1.807) is 0 Å². The van der Waals surface area contributed by atoms with E-state index in [1.807, 2.05) is 59.9 Å². The first-order chi connectivity index (χ1) is 15.0. The van der Waals surface area contributed by atoms with Gasteiger partial charge in [-0.1, -0.05) is 36.4 Å². The smallest absolute Gasteiger partial charge is 0.258 e. The lowest BCUT2D eigenvalue weighted by atomic mass is 9.87. The fourth-order valence-corrected chi connectivity index (χ4v) is 5.95. The molecule has 0 bridgehead atoms. The van der Waals surface area contributed by atoms with Crippen molar-refractivity contribution in [2.45, 2.75) is 38.5 Å². The number of carbonyl (C=O) groups excluding carboxylic acids is 1. The Bertz CT molecular complexity index is 1110. The van der Waals surface area contributed by atoms with Crippen LogP contribution in [0.3, 0.4) is 0 Å². The minimum absolute atomic E-state index is 0.00519. The van der Waals surface area contributed by atoms with Crippen molar-refractivity contribution >= 4 is 12.0 Å². The first kappa shape index (κ1) is 20.2. The Hall–Kier alpha value is -2.70. The molecule has 0 radical (unpaired) electrons. The van der Waals surface area contributed by atoms with Crippen LogP contribution in [0.15, 0.2) is 47.3 Å². The summed E-state index contributed by atoms with van der Waals surface area (Å²) >= 11 is 0. The zero-order valence-electron chi connectivity index (χ0n) is 18.1. The number of likely N-dealkylation sites (tertiary alicyclic amines) is 1. The maximum atomic E-state index is 13.6. The largest absolute Gasteiger partial charge is 0.396 e. The monoisotopic (exact) mass is 419 g/mol. The van der Waals surface area contributed by atoms with Gasteiger partial charge >= 0.3 is 0 Å². The number of aromatic nitrogens is 1. The van der Waals surface area contributed by atoms with Gasteiger partial charge in [0.15, 0.2) is 0 Å². The van der Waals surface area contributed by atoms with Crippen molar-refractivity contribution in [2.75, 3.05) is 20.2 Å². The number of amides is 1. The third-order valence-electron chi connectivity index (χ3n) is 7.42. The summed E-state index contributed by atoms with van der Waals surface area (Å²) in [5.74, 6) is -0.0522. The van der Waals surface area contributed by atoms with Crippen LogP contribution in [0, 0.1) is 11.8 Å². The number of pyridine rings is 1. The van der Waals surface area contributed by atoms with Gasteiger partial charge in [0.25, 0.3) is 5.56 Å². The zero-order chi connectivity index (χ0) is 21.7. The molecule has 31 heavy (non-hydrogen) atoms. The summed E-state index contributed by atoms with van der Waals surface area (Å²) in [6.07, 6.45) is 4.56. The summed E-state index contributed by atoms with van der Waals surface area (Å²) in [7, 11) is 1.97. The number of likely N-dealkylation sites (N-methyl/N-ethyl adjacent to an activating group) is 1. The van der Waals surface area contributed by atoms with Crippen LogP contribution in [0.5, 0.6) is 0 Å². The number of hydrogen-bond acceptors (Lipinski definition) is 4. The molecule has 1 aromatic heterocycles. The standard InChI is InChI=1S/C25H29N3O3/c1-3-6-17-9-10-21-22-19(14-28(21)24(17)30)20(15-29)23(26(22)2)25(31)27-12-11-16-7-4-5-8-18(16)13-27/h3-10,19-20,22-23,29H,11-15H2,1-2H3/b6-3+/t19-,20-,22+,23-/m1/s1. The van der Waals surface area contributed by atoms with Gasteiger partial charge in [-0.15, -0.1) is 0 Å². The highest BCUT2D eigenvalue weighted by Gasteiger charge is 2.54. The van der Waals surface area contributed by atoms with Gasteiger partial charge in [-0.05, 0) is 43.7 Å². The van der Waals surface area contributed by atoms with Crippen LogP contribution in [0.4, 0.5) is 0 Å². The molecule has 4 heterocycles. The fourth-order valence-electron chi connectivity index (χ4n) is 5.95. The number of benzene rings is 1. The Kier molecular flexibility index (Phi) is 5.07. The zero-order valence-corrected chi connectivity index (χ0v) is 18.1. The van der Waals surface area contributed by atoms with E-state index in [9.17, 15) is 14.7 Å². The molecule has 2 aromatic rings. The molecule has 1 fully saturated rings. The molecular formula is C25H29N3O3. The van der Waals surface area contributed by atoms with Gasteiger partial charge in [-0.3, -0.25) is 14.5 Å². The van der Waals surface area contributed by atoms with Crippen molar-refractivity contribution in [3.05, 3.63) is 75.2 Å². The van der Waals surface area contributed by atoms with Crippen molar-refractivity contribution in [3.8, 4) is 0 Å². The van der Waals surface area contributed by atoms with Gasteiger partial charge < -0.3 is 14.6 Å². The normalized spacial score (nSPS) is 27.4. The highest BCUT2D eigenvalue weighted by molar-refractivity contribution is 5.83. The second-order valence-corrected chi connectivity index (χ2v) is 8.97. The topological polar surface area (TPSA) is 65.8 Å². The first-order valence-corrected chi connectivity index (χ1v) is 11.1. The molecule has 0 spiro atoms. The predicted molar refractivity (Wildman–Crippen MR) is 119 cm³/mol. The summed E-state index contributed by atoms with van der Waals surface area (Å²) in [5, 5.41) is 10.3. The molecular weight excluding hydrogens is 390 g/mol. The average molecular weight is 420 g/mol. The lowest BCUT2D eigenvalue weighted by molar-refractivity contribution is -0.138. The third-order valence-corrected chi connectivity index (χ3v) is 7.42. The van der Waals surface area contributed by atoms with E-state index < -0.39 is 0 Å². The van der Waals surface area contributed by atoms with Crippen LogP contribution in [-0.4, -0.2) is 51.6 Å². The minimum Gasteiger partial charge on any atom is -0.396 e. The number of carbonyl (C=O) groups is 1. The molecule has 3 aliphatic rings. The second-order valence-electron chi connectivity index (χ2n) is 8.97. The van der Waals surface area contributed by atoms with Crippen LogP contribution in [0.2, 0.25) is 0 Å². The number of hydrogen-bond donors (Lipinski definition) is 1. The molecule has 0 aliphatic carbocycles. The molecule has 3 aliphatic heterocycles. The van der Waals surface area contributed by atoms with Gasteiger partial charge in [0.2, 0.25) is 5.91 Å². The van der Waals surface area contributed by atoms with E-state index in [0.717, 1.165) is 12.1 Å². The SMILES string of the molecule is C/C=C/c1ccc2n(c1=O)C[C@@H]1[C@@H](CO)[C@H](C(=O)N3CCc4ccccc4C3)N(C)[C@H]21. The summed E-state index contributed by atoms with van der Waals surface area (Å²) in [6, 6.07) is 11.8. The van der Waals surface area contributed by atoms with Crippen LogP contribution < -0.4 is 5.56 Å². The number of aliphatic hydroxyl groups is 1. The van der Waals surface area contributed by atoms with Crippen molar-refractivity contribution in [2.24, 2.45) is 11.8 Å². The second kappa shape index (κ2) is 7.77. The van der Waals surface area contributed by atoms with Crippen molar-refractivity contribution in [1.29, 1.82) is 0 Å². The number of fused-ring (bicyclic) bond motifs is 4. The number of allylic oxidation sites excluding steroid dienone is 1. The highest BCUT2D eigenvalue weighted by atomic mass is 16.3. The molecule has 1 amide bonds. The lowest BCUT2D eigenvalue weighted by Gasteiger charge is -2.35. The summed E-state index contributed by atoms with van der Waals surface area (Å²) in [4.78, 5) is 30.6. The fraction of sp³-hybridized carbons (Fsp3) is 0.440. The molecule has 6 heteroatoms. The van der Waals surface area contributed by atoms with E-state index in [0.29, 0.717) is 25.2 Å². The van der Waals surface area contributed by atoms with E-state index >= 15 is 0 Å². The Morgan fingerprint density at radius 3 is 2.71 bits per heavy atom. The highest BCUT2D eigenvalue weighted by Crippen LogP contribution is 2.48. The Balaban J connectivity index is 1.45. The molecule has 162 valence electrons. The van der Waals surface area contributed by atoms with E-state index in [2.05, 4.69) is 17.0 Å². The molecule has 1 saturated heterocycles. The van der Waals surface area contributed by atoms with Gasteiger partial charge in [0.05, 0.1) is 12.1 Å². The van der Waals surface area contributed by atoms with Crippen LogP contribution >= 0.6 is 0 Å². The van der Waals surface area contributed by atoms with Crippen LogP contribution in [0.1, 0.15) is 35.3 Å². The van der Waals surface area contributed by atoms with Gasteiger partial charge in [-0.25, -0.2) is 0 Å². The van der Waals surface area contributed by atoms with E-state index in [-0.39, 0.29) is 42.0 Å². The van der Waals surface area contributed by atoms with E-state index in [1.165, 1.54) is 11.1 Å². The maximum Gasteiger partial charge on any atom is 0.258 e. The number of rotatable bonds is 3. The summed E-state index contributed by atoms with van der Waals surface area (Å²) < 4.78 is 1.83. The Morgan fingerprint density at radius 2 is 1.97 bits per heavy atom. The number of nitrogens with zero attached hydrogens (tertiary/aromatic N) is 3. The lowest BCUT2D eigenvalue weighted by Crippen LogP contribution is -2.50. The quantitative estimate of drug-likeness (QED) is 0.827. The van der Waals surface area contributed by atoms with Gasteiger partial charge in [-0.2, -0.15) is 0 Å². The summed E-state index contributed by atoms with van der Waals surface area (Å²) in [6.45, 7) is 3.71. The van der Waals surface area contributed by atoms with Gasteiger partial charge in [0, 0.05) is 49.3 Å². The molecule has 0 unspecified atom stereocenters. The van der Waals surface area contributed by atoms with E-state index in [4.69, 9.17) is 0 Å². The average Bonchev–Trinajstić information content (AvgIpc) is 3.30. The summed E-state index contributed by atoms with van der Waals surface area (Å²) in [5.41, 5.74) is 4.15. The molecule has 0 saturated carbocycles. The first-order valence-electron chi connectivity index (χ1n) is 11.1. The minimum atomic E-state index is -0.371. The van der Waals surface area contributed by atoms with Crippen molar-refractivity contribution in [1.82, 2.24) is 14.4 Å². The number of aliphatic hydroxyl groups excluding tert-OH is 1. The Labute approximate surface area is 182 Å². The van der Waals surface area contributed by atoms with Crippen molar-refractivity contribution in [3.63, 3.8) is 0 Å². The molecule has 1 aromatic carbocycles. The predicted octanol–water partition coefficient (Wildman–Crippen LogP) is 2.06. The maximum absolute atomic E-state index is 13.6. The third kappa shape index (κ3) is 3.08. The molecule has 1 N–H and O–H groups in total. The Morgan fingerprint density at radius 1 is 1.19 bits per heavy atom. The molecule has 6 nitrogen and oxygen atoms in total. The van der Waals surface area contributed by atoms with Crippen LogP contribution in [0.25, 0.3) is 6.08 Å². The molecule has 4 atom stereocenters. The van der Waals surface area contributed by atoms with Crippen molar-refractivity contribution < 1.29 is 9.90 Å². The van der Waals surface area contributed by atoms with Gasteiger partial charge in [0.1, 0.15) is 0 Å². The van der Waals surface area contributed by atoms with Crippen LogP contribution in [-0.2, 0) is 24.3 Å².